The topological polar surface area (TPSA) is 21.3 Å². The van der Waals surface area contributed by atoms with Gasteiger partial charge in [-0.05, 0) is 31.0 Å². The van der Waals surface area contributed by atoms with E-state index in [4.69, 9.17) is 16.3 Å². The first kappa shape index (κ1) is 12.9. The lowest BCUT2D eigenvalue weighted by Gasteiger charge is -2.20. The van der Waals surface area contributed by atoms with Crippen LogP contribution in [0.1, 0.15) is 31.4 Å². The van der Waals surface area contributed by atoms with E-state index in [0.29, 0.717) is 5.92 Å². The molecule has 1 aromatic rings. The lowest BCUT2D eigenvalue weighted by molar-refractivity contribution is 0.0906. The van der Waals surface area contributed by atoms with Gasteiger partial charge >= 0.3 is 0 Å². The fraction of sp³-hybridized carbons (Fsp3) is 0.571. The first-order valence-corrected chi connectivity index (χ1v) is 6.77. The molecule has 1 aliphatic heterocycles. The average Bonchev–Trinajstić information content (AvgIpc) is 2.78. The number of halogens is 1. The van der Waals surface area contributed by atoms with E-state index in [1.807, 2.05) is 18.2 Å². The van der Waals surface area contributed by atoms with E-state index in [-0.39, 0.29) is 6.10 Å². The van der Waals surface area contributed by atoms with Gasteiger partial charge in [0.05, 0.1) is 6.10 Å². The van der Waals surface area contributed by atoms with Gasteiger partial charge in [0.1, 0.15) is 0 Å². The molecule has 0 amide bonds. The smallest absolute Gasteiger partial charge is 0.0880 e. The fourth-order valence-electron chi connectivity index (χ4n) is 2.36. The molecule has 0 saturated carbocycles. The van der Waals surface area contributed by atoms with Crippen molar-refractivity contribution in [3.63, 3.8) is 0 Å². The van der Waals surface area contributed by atoms with Crippen molar-refractivity contribution < 1.29 is 4.74 Å². The number of ether oxygens (including phenoxy) is 1. The summed E-state index contributed by atoms with van der Waals surface area (Å²) in [5.74, 6) is 0.543. The van der Waals surface area contributed by atoms with Gasteiger partial charge in [-0.2, -0.15) is 0 Å². The zero-order valence-corrected chi connectivity index (χ0v) is 11.0. The number of benzene rings is 1. The molecule has 2 unspecified atom stereocenters. The quantitative estimate of drug-likeness (QED) is 0.812. The highest BCUT2D eigenvalue weighted by Gasteiger charge is 2.30. The first-order valence-electron chi connectivity index (χ1n) is 6.39. The van der Waals surface area contributed by atoms with Gasteiger partial charge in [-0.25, -0.2) is 0 Å². The SMILES string of the molecule is CCCNCC1CCOC1c1ccccc1Cl. The minimum Gasteiger partial charge on any atom is -0.373 e. The van der Waals surface area contributed by atoms with Crippen molar-refractivity contribution in [3.05, 3.63) is 34.9 Å². The fourth-order valence-corrected chi connectivity index (χ4v) is 2.60. The Labute approximate surface area is 108 Å². The van der Waals surface area contributed by atoms with E-state index in [2.05, 4.69) is 18.3 Å². The average molecular weight is 254 g/mol. The lowest BCUT2D eigenvalue weighted by atomic mass is 9.95. The number of hydrogen-bond acceptors (Lipinski definition) is 2. The van der Waals surface area contributed by atoms with Crippen molar-refractivity contribution in [2.75, 3.05) is 19.7 Å². The van der Waals surface area contributed by atoms with Crippen LogP contribution in [0.5, 0.6) is 0 Å². The molecule has 0 aliphatic carbocycles. The molecule has 17 heavy (non-hydrogen) atoms. The van der Waals surface area contributed by atoms with Crippen LogP contribution >= 0.6 is 11.6 Å². The third-order valence-corrected chi connectivity index (χ3v) is 3.60. The molecule has 94 valence electrons. The Hall–Kier alpha value is -0.570. The van der Waals surface area contributed by atoms with Gasteiger partial charge < -0.3 is 10.1 Å². The normalized spacial score (nSPS) is 24.1. The maximum Gasteiger partial charge on any atom is 0.0880 e. The molecule has 1 N–H and O–H groups in total. The summed E-state index contributed by atoms with van der Waals surface area (Å²) in [5.41, 5.74) is 1.13. The molecule has 0 bridgehead atoms. The van der Waals surface area contributed by atoms with Crippen molar-refractivity contribution in [3.8, 4) is 0 Å². The van der Waals surface area contributed by atoms with Gasteiger partial charge in [0.2, 0.25) is 0 Å². The Kier molecular flexibility index (Phi) is 4.84. The summed E-state index contributed by atoms with van der Waals surface area (Å²) in [5, 5.41) is 4.29. The van der Waals surface area contributed by atoms with Gasteiger partial charge in [0.15, 0.2) is 0 Å². The molecular weight excluding hydrogens is 234 g/mol. The molecule has 1 saturated heterocycles. The predicted molar refractivity (Wildman–Crippen MR) is 71.4 cm³/mol. The predicted octanol–water partition coefficient (Wildman–Crippen LogP) is 3.42. The number of nitrogens with one attached hydrogen (secondary N) is 1. The van der Waals surface area contributed by atoms with E-state index in [1.54, 1.807) is 0 Å². The molecule has 3 heteroatoms. The first-order chi connectivity index (χ1) is 8.33. The van der Waals surface area contributed by atoms with E-state index in [9.17, 15) is 0 Å². The lowest BCUT2D eigenvalue weighted by Crippen LogP contribution is -2.25. The summed E-state index contributed by atoms with van der Waals surface area (Å²) in [7, 11) is 0. The number of rotatable bonds is 5. The van der Waals surface area contributed by atoms with Crippen LogP contribution in [0.2, 0.25) is 5.02 Å². The van der Waals surface area contributed by atoms with Crippen LogP contribution in [-0.2, 0) is 4.74 Å². The third-order valence-electron chi connectivity index (χ3n) is 3.26. The summed E-state index contributed by atoms with van der Waals surface area (Å²) in [6.07, 6.45) is 2.45. The van der Waals surface area contributed by atoms with Gasteiger partial charge in [-0.3, -0.25) is 0 Å². The minimum atomic E-state index is 0.160. The van der Waals surface area contributed by atoms with E-state index >= 15 is 0 Å². The van der Waals surface area contributed by atoms with E-state index < -0.39 is 0 Å². The highest BCUT2D eigenvalue weighted by atomic mass is 35.5. The third kappa shape index (κ3) is 3.21. The second kappa shape index (κ2) is 6.39. The van der Waals surface area contributed by atoms with Gasteiger partial charge in [-0.15, -0.1) is 0 Å². The van der Waals surface area contributed by atoms with Gasteiger partial charge in [-0.1, -0.05) is 36.7 Å². The zero-order valence-electron chi connectivity index (χ0n) is 10.3. The maximum absolute atomic E-state index is 6.23. The highest BCUT2D eigenvalue weighted by Crippen LogP contribution is 2.37. The van der Waals surface area contributed by atoms with Crippen LogP contribution in [0.3, 0.4) is 0 Å². The largest absolute Gasteiger partial charge is 0.373 e. The maximum atomic E-state index is 6.23. The monoisotopic (exact) mass is 253 g/mol. The molecule has 2 atom stereocenters. The Bertz CT molecular complexity index is 356. The van der Waals surface area contributed by atoms with E-state index in [0.717, 1.165) is 36.7 Å². The summed E-state index contributed by atoms with van der Waals surface area (Å²) >= 11 is 6.23. The number of hydrogen-bond donors (Lipinski definition) is 1. The summed E-state index contributed by atoms with van der Waals surface area (Å²) in [6.45, 7) is 5.12. The van der Waals surface area contributed by atoms with Crippen LogP contribution in [-0.4, -0.2) is 19.7 Å². The standard InChI is InChI=1S/C14H20ClNO/c1-2-8-16-10-11-7-9-17-14(11)12-5-3-4-6-13(12)15/h3-6,11,14,16H,2,7-10H2,1H3. The molecular formula is C14H20ClNO. The Balaban J connectivity index is 2.02. The molecule has 0 spiro atoms. The summed E-state index contributed by atoms with van der Waals surface area (Å²) < 4.78 is 5.84. The van der Waals surface area contributed by atoms with Crippen LogP contribution in [0.4, 0.5) is 0 Å². The van der Waals surface area contributed by atoms with Crippen molar-refractivity contribution in [1.29, 1.82) is 0 Å². The van der Waals surface area contributed by atoms with Crippen molar-refractivity contribution in [1.82, 2.24) is 5.32 Å². The molecule has 1 heterocycles. The second-order valence-electron chi connectivity index (χ2n) is 4.57. The summed E-state index contributed by atoms with van der Waals surface area (Å²) in [4.78, 5) is 0. The van der Waals surface area contributed by atoms with Crippen LogP contribution in [0, 0.1) is 5.92 Å². The van der Waals surface area contributed by atoms with Crippen LogP contribution < -0.4 is 5.32 Å². The minimum absolute atomic E-state index is 0.160. The molecule has 2 nitrogen and oxygen atoms in total. The van der Waals surface area contributed by atoms with Crippen LogP contribution in [0.25, 0.3) is 0 Å². The Morgan fingerprint density at radius 3 is 3.00 bits per heavy atom. The van der Waals surface area contributed by atoms with Gasteiger partial charge in [0.25, 0.3) is 0 Å². The van der Waals surface area contributed by atoms with Crippen molar-refractivity contribution >= 4 is 11.6 Å². The Morgan fingerprint density at radius 1 is 1.41 bits per heavy atom. The molecule has 1 aliphatic rings. The molecule has 1 aromatic carbocycles. The second-order valence-corrected chi connectivity index (χ2v) is 4.97. The van der Waals surface area contributed by atoms with Crippen LogP contribution in [0.15, 0.2) is 24.3 Å². The zero-order chi connectivity index (χ0) is 12.1. The van der Waals surface area contributed by atoms with Crippen molar-refractivity contribution in [2.45, 2.75) is 25.9 Å². The Morgan fingerprint density at radius 2 is 2.24 bits per heavy atom. The summed E-state index contributed by atoms with van der Waals surface area (Å²) in [6, 6.07) is 8.00. The highest BCUT2D eigenvalue weighted by molar-refractivity contribution is 6.31. The molecule has 0 radical (unpaired) electrons. The molecule has 0 aromatic heterocycles. The van der Waals surface area contributed by atoms with Gasteiger partial charge in [0, 0.05) is 24.1 Å². The molecule has 1 fully saturated rings. The van der Waals surface area contributed by atoms with Crippen molar-refractivity contribution in [2.24, 2.45) is 5.92 Å². The molecule has 2 rings (SSSR count). The van der Waals surface area contributed by atoms with E-state index in [1.165, 1.54) is 6.42 Å².